The van der Waals surface area contributed by atoms with Crippen molar-refractivity contribution in [1.29, 1.82) is 0 Å². The van der Waals surface area contributed by atoms with E-state index in [1.807, 2.05) is 68.4 Å². The topological polar surface area (TPSA) is 105 Å². The second kappa shape index (κ2) is 12.3. The summed E-state index contributed by atoms with van der Waals surface area (Å²) in [6, 6.07) is 17.5. The lowest BCUT2D eigenvalue weighted by Gasteiger charge is -2.21. The zero-order valence-electron chi connectivity index (χ0n) is 20.6. The van der Waals surface area contributed by atoms with Crippen LogP contribution in [0.3, 0.4) is 0 Å². The number of hydrogen-bond donors (Lipinski definition) is 3. The average Bonchev–Trinajstić information content (AvgIpc) is 3.32. The van der Waals surface area contributed by atoms with Crippen molar-refractivity contribution in [2.75, 3.05) is 6.61 Å². The lowest BCUT2D eigenvalue weighted by molar-refractivity contribution is -0.198. The number of aromatic amines is 1. The first kappa shape index (κ1) is 25.3. The summed E-state index contributed by atoms with van der Waals surface area (Å²) in [5.41, 5.74) is 6.29. The predicted molar refractivity (Wildman–Crippen MR) is 138 cm³/mol. The maximum atomic E-state index is 12.8. The van der Waals surface area contributed by atoms with Crippen molar-refractivity contribution in [3.63, 3.8) is 0 Å². The van der Waals surface area contributed by atoms with Crippen molar-refractivity contribution < 1.29 is 19.2 Å². The lowest BCUT2D eigenvalue weighted by Crippen LogP contribution is -2.32. The molecule has 1 aromatic heterocycles. The smallest absolute Gasteiger partial charge is 0.270 e. The monoisotopic (exact) mass is 488 g/mol. The zero-order chi connectivity index (χ0) is 25.3. The Bertz CT molecular complexity index is 1180. The van der Waals surface area contributed by atoms with Gasteiger partial charge < -0.3 is 15.0 Å². The van der Waals surface area contributed by atoms with Crippen LogP contribution in [-0.2, 0) is 20.8 Å². The fourth-order valence-electron chi connectivity index (χ4n) is 3.88. The van der Waals surface area contributed by atoms with E-state index in [9.17, 15) is 9.59 Å². The van der Waals surface area contributed by atoms with Crippen molar-refractivity contribution in [2.24, 2.45) is 0 Å². The minimum Gasteiger partial charge on any atom is -0.350 e. The van der Waals surface area contributed by atoms with E-state index in [0.29, 0.717) is 30.2 Å². The molecule has 1 atom stereocenters. The van der Waals surface area contributed by atoms with E-state index in [0.717, 1.165) is 36.0 Å². The van der Waals surface area contributed by atoms with Gasteiger partial charge in [0.15, 0.2) is 6.29 Å². The second-order valence-corrected chi connectivity index (χ2v) is 9.03. The number of benzene rings is 2. The fourth-order valence-corrected chi connectivity index (χ4v) is 3.88. The Morgan fingerprint density at radius 1 is 1.14 bits per heavy atom. The molecule has 188 valence electrons. The predicted octanol–water partition coefficient (Wildman–Crippen LogP) is 4.39. The molecule has 0 spiro atoms. The molecular formula is C28H32N4O4. The van der Waals surface area contributed by atoms with Gasteiger partial charge in [-0.2, -0.15) is 0 Å². The van der Waals surface area contributed by atoms with Gasteiger partial charge in [-0.25, -0.2) is 15.3 Å². The molecule has 0 radical (unpaired) electrons. The second-order valence-electron chi connectivity index (χ2n) is 9.03. The van der Waals surface area contributed by atoms with E-state index in [-0.39, 0.29) is 24.1 Å². The number of hydrogen-bond acceptors (Lipinski definition) is 5. The first-order valence-electron chi connectivity index (χ1n) is 12.3. The summed E-state index contributed by atoms with van der Waals surface area (Å²) in [6.45, 7) is 4.51. The Kier molecular flexibility index (Phi) is 8.65. The Morgan fingerprint density at radius 3 is 2.61 bits per heavy atom. The van der Waals surface area contributed by atoms with E-state index in [1.165, 1.54) is 6.08 Å². The molecule has 2 aromatic carbocycles. The van der Waals surface area contributed by atoms with Gasteiger partial charge in [-0.05, 0) is 43.9 Å². The number of H-pyrrole nitrogens is 1. The maximum Gasteiger partial charge on any atom is 0.270 e. The molecule has 36 heavy (non-hydrogen) atoms. The van der Waals surface area contributed by atoms with Crippen LogP contribution in [0, 0.1) is 0 Å². The molecule has 8 heteroatoms. The third-order valence-corrected chi connectivity index (χ3v) is 5.65. The van der Waals surface area contributed by atoms with E-state index in [2.05, 4.69) is 15.8 Å². The van der Waals surface area contributed by atoms with Crippen LogP contribution in [-0.4, -0.2) is 40.7 Å². The molecule has 1 unspecified atom stereocenters. The molecule has 1 fully saturated rings. The Labute approximate surface area is 211 Å². The third kappa shape index (κ3) is 7.13. The molecule has 1 saturated heterocycles. The molecule has 0 saturated carbocycles. The van der Waals surface area contributed by atoms with Gasteiger partial charge in [-0.3, -0.25) is 9.59 Å². The van der Waals surface area contributed by atoms with Gasteiger partial charge >= 0.3 is 0 Å². The van der Waals surface area contributed by atoms with Crippen LogP contribution < -0.4 is 10.8 Å². The third-order valence-electron chi connectivity index (χ3n) is 5.65. The molecule has 3 N–H and O–H groups in total. The highest BCUT2D eigenvalue weighted by atomic mass is 16.8. The van der Waals surface area contributed by atoms with Crippen LogP contribution in [0.15, 0.2) is 60.7 Å². The highest BCUT2D eigenvalue weighted by molar-refractivity contribution is 5.98. The largest absolute Gasteiger partial charge is 0.350 e. The SMILES string of the molecule is CC(C)NC(=O)c1[nH]c(Cc2ccc(C=CC(=O)NOC3CCCCO3)cc2)nc1-c1ccccc1. The van der Waals surface area contributed by atoms with Crippen molar-refractivity contribution in [3.05, 3.63) is 83.3 Å². The molecule has 8 nitrogen and oxygen atoms in total. The Hall–Kier alpha value is -3.75. The molecule has 4 rings (SSSR count). The number of imidazole rings is 1. The van der Waals surface area contributed by atoms with E-state index in [1.54, 1.807) is 6.08 Å². The highest BCUT2D eigenvalue weighted by Crippen LogP contribution is 2.23. The maximum absolute atomic E-state index is 12.8. The molecule has 3 aromatic rings. The molecule has 2 heterocycles. The fraction of sp³-hybridized carbons (Fsp3) is 0.321. The van der Waals surface area contributed by atoms with Crippen LogP contribution in [0.4, 0.5) is 0 Å². The van der Waals surface area contributed by atoms with Crippen molar-refractivity contribution in [2.45, 2.75) is 51.9 Å². The van der Waals surface area contributed by atoms with Crippen molar-refractivity contribution in [3.8, 4) is 11.3 Å². The minimum absolute atomic E-state index is 0.0164. The molecule has 1 aliphatic heterocycles. The number of rotatable bonds is 9. The number of ether oxygens (including phenoxy) is 1. The summed E-state index contributed by atoms with van der Waals surface area (Å²) < 4.78 is 5.43. The number of carbonyl (C=O) groups excluding carboxylic acids is 2. The number of aromatic nitrogens is 2. The number of carbonyl (C=O) groups is 2. The molecule has 0 aliphatic carbocycles. The first-order chi connectivity index (χ1) is 17.5. The van der Waals surface area contributed by atoms with Gasteiger partial charge in [0, 0.05) is 37.1 Å². The van der Waals surface area contributed by atoms with Gasteiger partial charge in [0.2, 0.25) is 0 Å². The number of nitrogens with zero attached hydrogens (tertiary/aromatic N) is 1. The first-order valence-corrected chi connectivity index (χ1v) is 12.3. The number of amides is 2. The Balaban J connectivity index is 1.39. The lowest BCUT2D eigenvalue weighted by atomic mass is 10.1. The average molecular weight is 489 g/mol. The number of nitrogens with one attached hydrogen (secondary N) is 3. The quantitative estimate of drug-likeness (QED) is 0.306. The van der Waals surface area contributed by atoms with Crippen LogP contribution >= 0.6 is 0 Å². The summed E-state index contributed by atoms with van der Waals surface area (Å²) in [4.78, 5) is 38.0. The minimum atomic E-state index is -0.378. The zero-order valence-corrected chi connectivity index (χ0v) is 20.6. The van der Waals surface area contributed by atoms with Crippen LogP contribution in [0.2, 0.25) is 0 Å². The van der Waals surface area contributed by atoms with Crippen LogP contribution in [0.25, 0.3) is 17.3 Å². The van der Waals surface area contributed by atoms with E-state index in [4.69, 9.17) is 14.6 Å². The summed E-state index contributed by atoms with van der Waals surface area (Å²) in [7, 11) is 0. The standard InChI is InChI=1S/C28H32N4O4/c1-19(2)29-28(34)27-26(22-8-4-3-5-9-22)30-23(31-27)18-21-13-11-20(12-14-21)15-16-24(33)32-36-25-10-6-7-17-35-25/h3-5,8-9,11-16,19,25H,6-7,10,17-18H2,1-2H3,(H,29,34)(H,30,31)(H,32,33). The van der Waals surface area contributed by atoms with Gasteiger partial charge in [-0.1, -0.05) is 54.6 Å². The van der Waals surface area contributed by atoms with Gasteiger partial charge in [0.05, 0.1) is 0 Å². The van der Waals surface area contributed by atoms with Gasteiger partial charge in [0.1, 0.15) is 17.2 Å². The summed E-state index contributed by atoms with van der Waals surface area (Å²) in [5.74, 6) is 0.178. The molecular weight excluding hydrogens is 456 g/mol. The Morgan fingerprint density at radius 2 is 1.92 bits per heavy atom. The summed E-state index contributed by atoms with van der Waals surface area (Å²) in [6.07, 6.45) is 6.13. The van der Waals surface area contributed by atoms with Crippen LogP contribution in [0.1, 0.15) is 60.5 Å². The van der Waals surface area contributed by atoms with Gasteiger partial charge in [-0.15, -0.1) is 0 Å². The van der Waals surface area contributed by atoms with Gasteiger partial charge in [0.25, 0.3) is 11.8 Å². The van der Waals surface area contributed by atoms with E-state index < -0.39 is 0 Å². The summed E-state index contributed by atoms with van der Waals surface area (Å²) in [5, 5.41) is 2.94. The summed E-state index contributed by atoms with van der Waals surface area (Å²) >= 11 is 0. The van der Waals surface area contributed by atoms with Crippen molar-refractivity contribution >= 4 is 17.9 Å². The normalized spacial score (nSPS) is 15.8. The van der Waals surface area contributed by atoms with Crippen molar-refractivity contribution in [1.82, 2.24) is 20.8 Å². The van der Waals surface area contributed by atoms with Crippen LogP contribution in [0.5, 0.6) is 0 Å². The molecule has 0 bridgehead atoms. The highest BCUT2D eigenvalue weighted by Gasteiger charge is 2.19. The van der Waals surface area contributed by atoms with E-state index >= 15 is 0 Å². The number of hydroxylamine groups is 1. The molecule has 1 aliphatic rings. The molecule has 2 amide bonds.